The summed E-state index contributed by atoms with van der Waals surface area (Å²) in [4.78, 5) is 4.34. The van der Waals surface area contributed by atoms with Crippen LogP contribution in [0.4, 0.5) is 0 Å². The van der Waals surface area contributed by atoms with Crippen LogP contribution in [0.25, 0.3) is 11.0 Å². The normalized spacial score (nSPS) is 12.3. The number of furan rings is 1. The van der Waals surface area contributed by atoms with Gasteiger partial charge in [0, 0.05) is 24.5 Å². The molecular formula is C20H24N4O3S. The lowest BCUT2D eigenvalue weighted by Crippen LogP contribution is -2.37. The summed E-state index contributed by atoms with van der Waals surface area (Å²) in [5.41, 5.74) is 3.00. The smallest absolute Gasteiger partial charge is 0.238 e. The first-order chi connectivity index (χ1) is 13.4. The molecule has 0 aliphatic heterocycles. The molecule has 8 heteroatoms. The maximum Gasteiger partial charge on any atom is 0.238 e. The molecule has 0 spiro atoms. The van der Waals surface area contributed by atoms with Gasteiger partial charge in [0.25, 0.3) is 0 Å². The van der Waals surface area contributed by atoms with Crippen LogP contribution in [0.5, 0.6) is 0 Å². The Bertz CT molecular complexity index is 1090. The second-order valence-electron chi connectivity index (χ2n) is 6.44. The van der Waals surface area contributed by atoms with E-state index in [1.54, 1.807) is 19.2 Å². The van der Waals surface area contributed by atoms with Gasteiger partial charge in [-0.15, -0.1) is 0 Å². The molecule has 3 rings (SSSR count). The van der Waals surface area contributed by atoms with Gasteiger partial charge in [-0.1, -0.05) is 30.3 Å². The van der Waals surface area contributed by atoms with Gasteiger partial charge in [0.2, 0.25) is 10.0 Å². The van der Waals surface area contributed by atoms with Crippen molar-refractivity contribution in [2.75, 3.05) is 13.6 Å². The molecule has 1 aromatic heterocycles. The number of benzene rings is 2. The topological polar surface area (TPSA) is 110 Å². The van der Waals surface area contributed by atoms with Crippen molar-refractivity contribution in [3.8, 4) is 0 Å². The van der Waals surface area contributed by atoms with Crippen molar-refractivity contribution in [2.45, 2.75) is 24.8 Å². The predicted molar refractivity (Wildman–Crippen MR) is 111 cm³/mol. The Hall–Kier alpha value is -2.84. The number of hydrogen-bond donors (Lipinski definition) is 3. The summed E-state index contributed by atoms with van der Waals surface area (Å²) in [5, 5.41) is 12.7. The molecule has 148 valence electrons. The molecule has 0 atom stereocenters. The third-order valence-electron chi connectivity index (χ3n) is 4.54. The number of nitrogens with zero attached hydrogens (tertiary/aromatic N) is 1. The van der Waals surface area contributed by atoms with Crippen molar-refractivity contribution in [3.05, 3.63) is 65.4 Å². The van der Waals surface area contributed by atoms with Gasteiger partial charge in [0.05, 0.1) is 11.4 Å². The third kappa shape index (κ3) is 4.71. The van der Waals surface area contributed by atoms with Crippen molar-refractivity contribution in [1.82, 2.24) is 10.6 Å². The molecule has 4 N–H and O–H groups in total. The molecule has 0 saturated carbocycles. The minimum Gasteiger partial charge on any atom is -0.459 e. The first kappa shape index (κ1) is 19.9. The highest BCUT2D eigenvalue weighted by atomic mass is 32.2. The summed E-state index contributed by atoms with van der Waals surface area (Å²) in [5.74, 6) is 1.55. The van der Waals surface area contributed by atoms with Crippen LogP contribution >= 0.6 is 0 Å². The van der Waals surface area contributed by atoms with Crippen LogP contribution in [0.3, 0.4) is 0 Å². The highest BCUT2D eigenvalue weighted by Gasteiger charge is 2.10. The van der Waals surface area contributed by atoms with E-state index < -0.39 is 10.0 Å². The van der Waals surface area contributed by atoms with Gasteiger partial charge in [-0.2, -0.15) is 0 Å². The lowest BCUT2D eigenvalue weighted by atomic mass is 10.1. The third-order valence-corrected chi connectivity index (χ3v) is 5.47. The molecule has 0 bridgehead atoms. The standard InChI is InChI=1S/C20H24N4O3S/c1-14-17-5-3-4-6-18(17)27-19(14)13-24-20(22-2)23-12-11-15-7-9-16(10-8-15)28(21,25)26/h3-10H,11-13H2,1-2H3,(H2,21,25,26)(H2,22,23,24). The molecule has 0 amide bonds. The number of hydrogen-bond acceptors (Lipinski definition) is 4. The molecule has 3 aromatic rings. The summed E-state index contributed by atoms with van der Waals surface area (Å²) >= 11 is 0. The van der Waals surface area contributed by atoms with Gasteiger partial charge < -0.3 is 15.1 Å². The zero-order chi connectivity index (χ0) is 20.1. The monoisotopic (exact) mass is 400 g/mol. The van der Waals surface area contributed by atoms with E-state index in [1.807, 2.05) is 31.2 Å². The average Bonchev–Trinajstić information content (AvgIpc) is 3.00. The van der Waals surface area contributed by atoms with E-state index in [1.165, 1.54) is 12.1 Å². The summed E-state index contributed by atoms with van der Waals surface area (Å²) in [6.07, 6.45) is 0.718. The number of aliphatic imine (C=N–C) groups is 1. The Balaban J connectivity index is 1.53. The zero-order valence-corrected chi connectivity index (χ0v) is 16.7. The van der Waals surface area contributed by atoms with E-state index in [2.05, 4.69) is 15.6 Å². The number of aryl methyl sites for hydroxylation is 1. The Labute approximate surface area is 164 Å². The number of nitrogens with one attached hydrogen (secondary N) is 2. The van der Waals surface area contributed by atoms with Gasteiger partial charge in [0.1, 0.15) is 11.3 Å². The van der Waals surface area contributed by atoms with E-state index in [9.17, 15) is 8.42 Å². The first-order valence-corrected chi connectivity index (χ1v) is 10.5. The highest BCUT2D eigenvalue weighted by molar-refractivity contribution is 7.89. The van der Waals surface area contributed by atoms with Crippen LogP contribution in [-0.4, -0.2) is 28.0 Å². The predicted octanol–water partition coefficient (Wildman–Crippen LogP) is 2.30. The quantitative estimate of drug-likeness (QED) is 0.434. The lowest BCUT2D eigenvalue weighted by molar-refractivity contribution is 0.534. The van der Waals surface area contributed by atoms with Crippen LogP contribution in [-0.2, 0) is 23.0 Å². The molecular weight excluding hydrogens is 376 g/mol. The second kappa shape index (κ2) is 8.45. The van der Waals surface area contributed by atoms with Crippen LogP contribution in [0, 0.1) is 6.92 Å². The summed E-state index contributed by atoms with van der Waals surface area (Å²) in [7, 11) is -1.95. The molecule has 0 saturated heterocycles. The van der Waals surface area contributed by atoms with Gasteiger partial charge in [-0.05, 0) is 37.1 Å². The molecule has 7 nitrogen and oxygen atoms in total. The lowest BCUT2D eigenvalue weighted by Gasteiger charge is -2.11. The largest absolute Gasteiger partial charge is 0.459 e. The maximum atomic E-state index is 11.3. The minimum absolute atomic E-state index is 0.114. The fourth-order valence-electron chi connectivity index (χ4n) is 2.95. The molecule has 1 heterocycles. The molecule has 28 heavy (non-hydrogen) atoms. The minimum atomic E-state index is -3.66. The summed E-state index contributed by atoms with van der Waals surface area (Å²) < 4.78 is 28.5. The van der Waals surface area contributed by atoms with Crippen molar-refractivity contribution in [2.24, 2.45) is 10.1 Å². The zero-order valence-electron chi connectivity index (χ0n) is 15.9. The molecule has 0 fully saturated rings. The molecule has 0 aliphatic carbocycles. The van der Waals surface area contributed by atoms with Crippen molar-refractivity contribution in [3.63, 3.8) is 0 Å². The van der Waals surface area contributed by atoms with Crippen molar-refractivity contribution < 1.29 is 12.8 Å². The van der Waals surface area contributed by atoms with Crippen molar-refractivity contribution >= 4 is 27.0 Å². The number of primary sulfonamides is 1. The van der Waals surface area contributed by atoms with E-state index in [4.69, 9.17) is 9.56 Å². The van der Waals surface area contributed by atoms with Crippen LogP contribution < -0.4 is 15.8 Å². The fourth-order valence-corrected chi connectivity index (χ4v) is 3.46. The van der Waals surface area contributed by atoms with E-state index >= 15 is 0 Å². The summed E-state index contributed by atoms with van der Waals surface area (Å²) in [6, 6.07) is 14.5. The number of para-hydroxylation sites is 1. The second-order valence-corrected chi connectivity index (χ2v) is 8.00. The highest BCUT2D eigenvalue weighted by Crippen LogP contribution is 2.24. The number of guanidine groups is 1. The Morgan fingerprint density at radius 2 is 1.82 bits per heavy atom. The van der Waals surface area contributed by atoms with Gasteiger partial charge in [-0.3, -0.25) is 4.99 Å². The fraction of sp³-hybridized carbons (Fsp3) is 0.250. The van der Waals surface area contributed by atoms with E-state index in [0.717, 1.165) is 34.3 Å². The van der Waals surface area contributed by atoms with E-state index in [0.29, 0.717) is 19.0 Å². The van der Waals surface area contributed by atoms with Crippen molar-refractivity contribution in [1.29, 1.82) is 0 Å². The number of nitrogens with two attached hydrogens (primary N) is 1. The summed E-state index contributed by atoms with van der Waals surface area (Å²) in [6.45, 7) is 3.22. The van der Waals surface area contributed by atoms with Crippen LogP contribution in [0.2, 0.25) is 0 Å². The van der Waals surface area contributed by atoms with Gasteiger partial charge >= 0.3 is 0 Å². The van der Waals surface area contributed by atoms with Gasteiger partial charge in [-0.25, -0.2) is 13.6 Å². The number of sulfonamides is 1. The number of rotatable bonds is 6. The Kier molecular flexibility index (Phi) is 6.01. The Morgan fingerprint density at radius 1 is 1.11 bits per heavy atom. The van der Waals surface area contributed by atoms with Gasteiger partial charge in [0.15, 0.2) is 5.96 Å². The SMILES string of the molecule is CN=C(NCCc1ccc(S(N)(=O)=O)cc1)NCc1oc2ccccc2c1C. The van der Waals surface area contributed by atoms with Crippen LogP contribution in [0.15, 0.2) is 62.8 Å². The molecule has 0 aliphatic rings. The van der Waals surface area contributed by atoms with Crippen LogP contribution in [0.1, 0.15) is 16.9 Å². The average molecular weight is 401 g/mol. The first-order valence-electron chi connectivity index (χ1n) is 8.92. The number of fused-ring (bicyclic) bond motifs is 1. The molecule has 0 radical (unpaired) electrons. The Morgan fingerprint density at radius 3 is 2.46 bits per heavy atom. The molecule has 0 unspecified atom stereocenters. The van der Waals surface area contributed by atoms with E-state index in [-0.39, 0.29) is 4.90 Å². The maximum absolute atomic E-state index is 11.3. The molecule has 2 aromatic carbocycles.